The van der Waals surface area contributed by atoms with E-state index in [-0.39, 0.29) is 37.7 Å². The van der Waals surface area contributed by atoms with Crippen LogP contribution in [0.2, 0.25) is 19.6 Å². The number of pyridine rings is 1. The fourth-order valence-electron chi connectivity index (χ4n) is 7.19. The minimum absolute atomic E-state index is 0. The van der Waals surface area contributed by atoms with Crippen molar-refractivity contribution in [1.82, 2.24) is 4.98 Å². The predicted octanol–water partition coefficient (Wildman–Crippen LogP) is 11.1. The van der Waals surface area contributed by atoms with E-state index in [1.807, 2.05) is 6.92 Å². The number of hydrogen-bond donors (Lipinski definition) is 1. The van der Waals surface area contributed by atoms with Crippen molar-refractivity contribution in [3.63, 3.8) is 0 Å². The maximum atomic E-state index is 12.4. The van der Waals surface area contributed by atoms with Gasteiger partial charge in [-0.15, -0.1) is 34.9 Å². The number of hydrogen-bond acceptors (Lipinski definition) is 3. The van der Waals surface area contributed by atoms with Gasteiger partial charge in [-0.1, -0.05) is 126 Å². The van der Waals surface area contributed by atoms with Crippen LogP contribution in [0.3, 0.4) is 0 Å². The molecule has 1 radical (unpaired) electrons. The van der Waals surface area contributed by atoms with Crippen molar-refractivity contribution in [3.8, 4) is 22.4 Å². The second-order valence-electron chi connectivity index (χ2n) is 14.7. The minimum atomic E-state index is -1.37. The van der Waals surface area contributed by atoms with Crippen molar-refractivity contribution in [2.24, 2.45) is 11.8 Å². The number of carbonyl (C=O) groups excluding carboxylic acids is 1. The van der Waals surface area contributed by atoms with E-state index in [4.69, 9.17) is 4.98 Å². The third-order valence-corrected chi connectivity index (χ3v) is 11.9. The fourth-order valence-corrected chi connectivity index (χ4v) is 8.36. The maximum absolute atomic E-state index is 12.4. The van der Waals surface area contributed by atoms with E-state index in [0.29, 0.717) is 11.3 Å². The van der Waals surface area contributed by atoms with Crippen LogP contribution in [0.5, 0.6) is 0 Å². The number of nitrogens with zero attached hydrogens (tertiary/aromatic N) is 1. The van der Waals surface area contributed by atoms with Crippen molar-refractivity contribution in [2.45, 2.75) is 105 Å². The molecule has 1 N–H and O–H groups in total. The number of aliphatic hydroxyl groups excluding tert-OH is 1. The smallest absolute Gasteiger partial charge is 0.164 e. The van der Waals surface area contributed by atoms with E-state index in [9.17, 15) is 9.90 Å². The zero-order valence-electron chi connectivity index (χ0n) is 29.2. The second-order valence-corrected chi connectivity index (χ2v) is 19.8. The summed E-state index contributed by atoms with van der Waals surface area (Å²) in [7, 11) is -1.37. The molecule has 4 aromatic rings. The quantitative estimate of drug-likeness (QED) is 0.0912. The Morgan fingerprint density at radius 3 is 2.02 bits per heavy atom. The summed E-state index contributed by atoms with van der Waals surface area (Å²) in [5, 5.41) is 13.0. The standard InChI is InChI=1S/C26H26NSi.C16H26O2.Ir/c1-18-13-19(2)15-22(14-18)26-24(20-9-7-6-8-10-20)17-21-16-23(28(3,4)5)11-12-25(21)27-26;1-12(15(17)13-8-4-2-5-9-13)16(18)14-10-6-3-7-11-14;/h6-14,16-17H,1-5H3;13-14,17H,2-11H2,1H3;/q-1;;/b;15-12-;. The maximum Gasteiger partial charge on any atom is 0.164 e. The summed E-state index contributed by atoms with van der Waals surface area (Å²) in [6.45, 7) is 13.2. The first kappa shape index (κ1) is 37.0. The summed E-state index contributed by atoms with van der Waals surface area (Å²) < 4.78 is 0. The van der Waals surface area contributed by atoms with Crippen LogP contribution < -0.4 is 5.19 Å². The summed E-state index contributed by atoms with van der Waals surface area (Å²) in [6.07, 6.45) is 11.4. The molecular weight excluding hydrogens is 771 g/mol. The number of carbonyl (C=O) groups is 1. The average Bonchev–Trinajstić information content (AvgIpc) is 3.07. The molecular formula is C42H52IrNO2Si-. The molecule has 3 aromatic carbocycles. The first-order valence-corrected chi connectivity index (χ1v) is 21.0. The first-order chi connectivity index (χ1) is 22.0. The summed E-state index contributed by atoms with van der Waals surface area (Å²) in [4.78, 5) is 17.5. The Labute approximate surface area is 297 Å². The molecule has 0 aliphatic heterocycles. The normalized spacial score (nSPS) is 16.5. The van der Waals surface area contributed by atoms with Crippen LogP contribution in [0.1, 0.15) is 82.3 Å². The number of allylic oxidation sites excluding steroid dienone is 2. The fraction of sp³-hybridized carbons (Fsp3) is 0.429. The molecule has 2 aliphatic rings. The van der Waals surface area contributed by atoms with Gasteiger partial charge in [-0.25, -0.2) is 0 Å². The number of rotatable bonds is 6. The Balaban J connectivity index is 0.000000229. The number of benzene rings is 3. The van der Waals surface area contributed by atoms with Gasteiger partial charge in [-0.3, -0.25) is 9.78 Å². The van der Waals surface area contributed by atoms with Crippen LogP contribution in [-0.4, -0.2) is 23.9 Å². The molecule has 0 spiro atoms. The van der Waals surface area contributed by atoms with Gasteiger partial charge in [0.1, 0.15) is 5.76 Å². The number of Topliss-reactive ketones (excluding diaryl/α,β-unsaturated/α-hetero) is 1. The molecule has 251 valence electrons. The van der Waals surface area contributed by atoms with Gasteiger partial charge in [0, 0.05) is 37.5 Å². The van der Waals surface area contributed by atoms with Crippen LogP contribution in [0.15, 0.2) is 78.1 Å². The topological polar surface area (TPSA) is 50.2 Å². The molecule has 5 heteroatoms. The summed E-state index contributed by atoms with van der Waals surface area (Å²) in [5.41, 5.74) is 8.52. The van der Waals surface area contributed by atoms with Crippen LogP contribution >= 0.6 is 0 Å². The zero-order chi connectivity index (χ0) is 32.8. The molecule has 1 aromatic heterocycles. The molecule has 1 heterocycles. The zero-order valence-corrected chi connectivity index (χ0v) is 32.6. The van der Waals surface area contributed by atoms with Gasteiger partial charge in [-0.05, 0) is 60.9 Å². The van der Waals surface area contributed by atoms with Gasteiger partial charge in [0.05, 0.1) is 13.6 Å². The molecule has 2 fully saturated rings. The molecule has 47 heavy (non-hydrogen) atoms. The number of ketones is 1. The van der Waals surface area contributed by atoms with E-state index in [1.54, 1.807) is 0 Å². The summed E-state index contributed by atoms with van der Waals surface area (Å²) in [6, 6.07) is 27.5. The van der Waals surface area contributed by atoms with Crippen LogP contribution in [-0.2, 0) is 24.9 Å². The van der Waals surface area contributed by atoms with Crippen LogP contribution in [0.4, 0.5) is 0 Å². The Kier molecular flexibility index (Phi) is 13.0. The molecule has 0 unspecified atom stereocenters. The van der Waals surface area contributed by atoms with E-state index in [1.165, 1.54) is 65.8 Å². The van der Waals surface area contributed by atoms with Crippen molar-refractivity contribution < 1.29 is 30.0 Å². The molecule has 6 rings (SSSR count). The monoisotopic (exact) mass is 823 g/mol. The largest absolute Gasteiger partial charge is 0.512 e. The Bertz CT molecular complexity index is 1670. The molecule has 2 aliphatic carbocycles. The van der Waals surface area contributed by atoms with Crippen molar-refractivity contribution in [2.75, 3.05) is 0 Å². The predicted molar refractivity (Wildman–Crippen MR) is 197 cm³/mol. The minimum Gasteiger partial charge on any atom is -0.512 e. The Morgan fingerprint density at radius 1 is 0.809 bits per heavy atom. The Hall–Kier alpha value is -2.85. The van der Waals surface area contributed by atoms with Crippen molar-refractivity contribution >= 4 is 29.9 Å². The number of fused-ring (bicyclic) bond motifs is 1. The van der Waals surface area contributed by atoms with Crippen molar-refractivity contribution in [1.29, 1.82) is 0 Å². The summed E-state index contributed by atoms with van der Waals surface area (Å²) in [5.74, 6) is 1.07. The first-order valence-electron chi connectivity index (χ1n) is 17.5. The molecule has 0 atom stereocenters. The third kappa shape index (κ3) is 9.40. The SMILES string of the molecule is C/C(C(=O)C1CCCCC1)=C(/O)C1CCCCC1.Cc1[c-]c(-c2nc3ccc([Si](C)(C)C)cc3cc2-c2ccccc2)cc(C)c1.[Ir]. The van der Waals surface area contributed by atoms with Gasteiger partial charge < -0.3 is 5.11 Å². The van der Waals surface area contributed by atoms with Gasteiger partial charge in [0.2, 0.25) is 0 Å². The third-order valence-electron chi connectivity index (χ3n) is 9.89. The average molecular weight is 823 g/mol. The molecule has 3 nitrogen and oxygen atoms in total. The van der Waals surface area contributed by atoms with Gasteiger partial charge >= 0.3 is 0 Å². The van der Waals surface area contributed by atoms with E-state index in [2.05, 4.69) is 106 Å². The van der Waals surface area contributed by atoms with Gasteiger partial charge in [0.15, 0.2) is 5.78 Å². The van der Waals surface area contributed by atoms with E-state index >= 15 is 0 Å². The van der Waals surface area contributed by atoms with Crippen LogP contribution in [0, 0.1) is 31.7 Å². The van der Waals surface area contributed by atoms with Crippen LogP contribution in [0.25, 0.3) is 33.3 Å². The molecule has 2 saturated carbocycles. The summed E-state index contributed by atoms with van der Waals surface area (Å²) >= 11 is 0. The Morgan fingerprint density at radius 2 is 1.43 bits per heavy atom. The number of aliphatic hydroxyl groups is 1. The number of aryl methyl sites for hydroxylation is 2. The van der Waals surface area contributed by atoms with E-state index < -0.39 is 8.07 Å². The van der Waals surface area contributed by atoms with Crippen molar-refractivity contribution in [3.05, 3.63) is 95.3 Å². The second kappa shape index (κ2) is 16.5. The van der Waals surface area contributed by atoms with Gasteiger partial charge in [-0.2, -0.15) is 0 Å². The molecule has 0 amide bonds. The molecule has 0 saturated heterocycles. The van der Waals surface area contributed by atoms with E-state index in [0.717, 1.165) is 48.0 Å². The van der Waals surface area contributed by atoms with Gasteiger partial charge in [0.25, 0.3) is 0 Å². The number of aromatic nitrogens is 1. The molecule has 0 bridgehead atoms.